The fourth-order valence-corrected chi connectivity index (χ4v) is 7.01. The van der Waals surface area contributed by atoms with E-state index in [1.807, 2.05) is 18.4 Å². The van der Waals surface area contributed by atoms with Gasteiger partial charge in [0.25, 0.3) is 0 Å². The van der Waals surface area contributed by atoms with Gasteiger partial charge in [-0.25, -0.2) is 12.8 Å². The van der Waals surface area contributed by atoms with E-state index in [0.29, 0.717) is 13.0 Å². The molecule has 1 aromatic heterocycles. The van der Waals surface area contributed by atoms with E-state index in [2.05, 4.69) is 0 Å². The van der Waals surface area contributed by atoms with Crippen LogP contribution < -0.4 is 4.74 Å². The van der Waals surface area contributed by atoms with Crippen LogP contribution in [0.2, 0.25) is 0 Å². The van der Waals surface area contributed by atoms with E-state index < -0.39 is 21.9 Å². The number of thiophene rings is 1. The van der Waals surface area contributed by atoms with Crippen molar-refractivity contribution in [2.45, 2.75) is 43.2 Å². The molecule has 2 aliphatic rings. The topological polar surface area (TPSA) is 66.9 Å². The Kier molecular flexibility index (Phi) is 6.65. The van der Waals surface area contributed by atoms with E-state index in [-0.39, 0.29) is 35.7 Å². The largest absolute Gasteiger partial charge is 0.488 e. The van der Waals surface area contributed by atoms with Gasteiger partial charge in [-0.05, 0) is 67.5 Å². The Morgan fingerprint density at radius 2 is 1.89 bits per heavy atom. The van der Waals surface area contributed by atoms with Crippen molar-refractivity contribution in [3.63, 3.8) is 0 Å². The number of ether oxygens (including phenoxy) is 1. The Labute approximate surface area is 209 Å². The van der Waals surface area contributed by atoms with Gasteiger partial charge < -0.3 is 9.64 Å². The molecule has 9 heteroatoms. The van der Waals surface area contributed by atoms with Gasteiger partial charge in [-0.15, -0.1) is 11.3 Å². The zero-order chi connectivity index (χ0) is 24.6. The molecule has 1 aliphatic carbocycles. The monoisotopic (exact) mass is 514 g/mol. The van der Waals surface area contributed by atoms with Crippen molar-refractivity contribution in [1.82, 2.24) is 9.21 Å². The number of para-hydroxylation sites is 1. The summed E-state index contributed by atoms with van der Waals surface area (Å²) in [5, 5.41) is 1.98. The molecule has 184 valence electrons. The number of nitrogens with zero attached hydrogens (tertiary/aromatic N) is 2. The summed E-state index contributed by atoms with van der Waals surface area (Å²) in [5.41, 5.74) is 1.95. The van der Waals surface area contributed by atoms with Gasteiger partial charge in [0.2, 0.25) is 15.9 Å². The molecule has 2 heterocycles. The van der Waals surface area contributed by atoms with Gasteiger partial charge in [-0.1, -0.05) is 29.8 Å². The van der Waals surface area contributed by atoms with Crippen molar-refractivity contribution < 1.29 is 22.3 Å². The molecule has 0 spiro atoms. The molecule has 0 radical (unpaired) electrons. The first-order chi connectivity index (χ1) is 16.8. The quantitative estimate of drug-likeness (QED) is 0.442. The first kappa shape index (κ1) is 24.0. The molecular weight excluding hydrogens is 487 g/mol. The third kappa shape index (κ3) is 4.98. The summed E-state index contributed by atoms with van der Waals surface area (Å²) < 4.78 is 48.1. The lowest BCUT2D eigenvalue weighted by molar-refractivity contribution is -0.135. The molecule has 1 fully saturated rings. The second kappa shape index (κ2) is 9.72. The summed E-state index contributed by atoms with van der Waals surface area (Å²) >= 11 is 1.63. The van der Waals surface area contributed by atoms with Crippen LogP contribution >= 0.6 is 11.3 Å². The van der Waals surface area contributed by atoms with E-state index in [1.54, 1.807) is 58.7 Å². The maximum absolute atomic E-state index is 14.1. The molecule has 0 unspecified atom stereocenters. The molecule has 35 heavy (non-hydrogen) atoms. The fraction of sp³-hybridized carbons (Fsp3) is 0.346. The van der Waals surface area contributed by atoms with Crippen LogP contribution in [0.15, 0.2) is 64.9 Å². The van der Waals surface area contributed by atoms with E-state index in [4.69, 9.17) is 4.74 Å². The van der Waals surface area contributed by atoms with Gasteiger partial charge in [0, 0.05) is 17.5 Å². The SMILES string of the molecule is Cc1ccc(S(=O)(=O)N(CC(=O)N2CCc3sccc3[C@@H]2COc2ccccc2F)C2CC2)cc1. The smallest absolute Gasteiger partial charge is 0.243 e. The van der Waals surface area contributed by atoms with E-state index in [9.17, 15) is 17.6 Å². The first-order valence-electron chi connectivity index (χ1n) is 11.7. The number of benzene rings is 2. The molecular formula is C26H27FN2O4S2. The molecule has 3 aromatic rings. The Hall–Kier alpha value is -2.75. The number of fused-ring (bicyclic) bond motifs is 1. The molecule has 6 nitrogen and oxygen atoms in total. The molecule has 1 atom stereocenters. The first-order valence-corrected chi connectivity index (χ1v) is 14.0. The normalized spacial score (nSPS) is 17.9. The average Bonchev–Trinajstić information content (AvgIpc) is 3.57. The minimum Gasteiger partial charge on any atom is -0.488 e. The maximum atomic E-state index is 14.1. The van der Waals surface area contributed by atoms with Crippen molar-refractivity contribution in [1.29, 1.82) is 0 Å². The van der Waals surface area contributed by atoms with Crippen molar-refractivity contribution in [3.05, 3.63) is 81.8 Å². The molecule has 0 bridgehead atoms. The Morgan fingerprint density at radius 3 is 2.60 bits per heavy atom. The van der Waals surface area contributed by atoms with Gasteiger partial charge in [0.15, 0.2) is 11.6 Å². The number of amides is 1. The number of sulfonamides is 1. The highest BCUT2D eigenvalue weighted by Crippen LogP contribution is 2.36. The van der Waals surface area contributed by atoms with Crippen molar-refractivity contribution in [3.8, 4) is 5.75 Å². The number of aryl methyl sites for hydroxylation is 1. The second-order valence-electron chi connectivity index (χ2n) is 8.99. The number of carbonyl (C=O) groups is 1. The van der Waals surface area contributed by atoms with Gasteiger partial charge in [0.05, 0.1) is 17.5 Å². The maximum Gasteiger partial charge on any atom is 0.243 e. The molecule has 2 aromatic carbocycles. The minimum atomic E-state index is -3.81. The summed E-state index contributed by atoms with van der Waals surface area (Å²) in [6.45, 7) is 2.22. The van der Waals surface area contributed by atoms with Crippen LogP contribution in [0.25, 0.3) is 0 Å². The van der Waals surface area contributed by atoms with Gasteiger partial charge in [-0.3, -0.25) is 4.79 Å². The standard InChI is InChI=1S/C26H27FN2O4S2/c1-18-6-10-20(11-7-18)35(31,32)29(19-8-9-19)16-26(30)28-14-12-25-21(13-15-34-25)23(28)17-33-24-5-3-2-4-22(24)27/h2-7,10-11,13,15,19,23H,8-9,12,14,16-17H2,1H3/t23-/m0/s1. The van der Waals surface area contributed by atoms with Crippen molar-refractivity contribution >= 4 is 27.3 Å². The zero-order valence-corrected chi connectivity index (χ0v) is 21.0. The molecule has 1 saturated carbocycles. The molecule has 0 N–H and O–H groups in total. The minimum absolute atomic E-state index is 0.0878. The molecule has 1 aliphatic heterocycles. The highest BCUT2D eigenvalue weighted by molar-refractivity contribution is 7.89. The van der Waals surface area contributed by atoms with Crippen LogP contribution in [0, 0.1) is 12.7 Å². The van der Waals surface area contributed by atoms with E-state index in [1.165, 1.54) is 15.2 Å². The highest BCUT2D eigenvalue weighted by Gasteiger charge is 2.41. The number of hydrogen-bond acceptors (Lipinski definition) is 5. The second-order valence-corrected chi connectivity index (χ2v) is 11.9. The number of hydrogen-bond donors (Lipinski definition) is 0. The molecule has 0 saturated heterocycles. The van der Waals surface area contributed by atoms with Crippen LogP contribution in [0.5, 0.6) is 5.75 Å². The Bertz CT molecular complexity index is 1320. The summed E-state index contributed by atoms with van der Waals surface area (Å²) in [6.07, 6.45) is 2.18. The third-order valence-electron chi connectivity index (χ3n) is 6.52. The van der Waals surface area contributed by atoms with Crippen molar-refractivity contribution in [2.24, 2.45) is 0 Å². The van der Waals surface area contributed by atoms with Gasteiger partial charge >= 0.3 is 0 Å². The Morgan fingerprint density at radius 1 is 1.14 bits per heavy atom. The predicted molar refractivity (Wildman–Crippen MR) is 132 cm³/mol. The average molecular weight is 515 g/mol. The number of rotatable bonds is 8. The summed E-state index contributed by atoms with van der Waals surface area (Å²) in [7, 11) is -3.81. The summed E-state index contributed by atoms with van der Waals surface area (Å²) in [4.78, 5) is 16.6. The van der Waals surface area contributed by atoms with Gasteiger partial charge in [-0.2, -0.15) is 4.31 Å². The van der Waals surface area contributed by atoms with Crippen LogP contribution in [-0.4, -0.2) is 49.3 Å². The lowest BCUT2D eigenvalue weighted by Gasteiger charge is -2.37. The number of halogens is 1. The lowest BCUT2D eigenvalue weighted by atomic mass is 10.0. The third-order valence-corrected chi connectivity index (χ3v) is 9.43. The van der Waals surface area contributed by atoms with E-state index >= 15 is 0 Å². The molecule has 5 rings (SSSR count). The van der Waals surface area contributed by atoms with Crippen molar-refractivity contribution in [2.75, 3.05) is 19.7 Å². The van der Waals surface area contributed by atoms with Crippen LogP contribution in [-0.2, 0) is 21.2 Å². The van der Waals surface area contributed by atoms with Crippen LogP contribution in [0.4, 0.5) is 4.39 Å². The van der Waals surface area contributed by atoms with Crippen LogP contribution in [0.3, 0.4) is 0 Å². The lowest BCUT2D eigenvalue weighted by Crippen LogP contribution is -2.48. The fourth-order valence-electron chi connectivity index (χ4n) is 4.45. The van der Waals surface area contributed by atoms with E-state index in [0.717, 1.165) is 24.0 Å². The summed E-state index contributed by atoms with van der Waals surface area (Å²) in [6, 6.07) is 14.3. The summed E-state index contributed by atoms with van der Waals surface area (Å²) in [5.74, 6) is -0.605. The predicted octanol–water partition coefficient (Wildman–Crippen LogP) is 4.55. The Balaban J connectivity index is 1.38. The zero-order valence-electron chi connectivity index (χ0n) is 19.4. The van der Waals surface area contributed by atoms with Gasteiger partial charge in [0.1, 0.15) is 6.61 Å². The number of carbonyl (C=O) groups excluding carboxylic acids is 1. The highest BCUT2D eigenvalue weighted by atomic mass is 32.2. The molecule has 1 amide bonds. The van der Waals surface area contributed by atoms with Crippen LogP contribution in [0.1, 0.15) is 34.9 Å².